The fourth-order valence-corrected chi connectivity index (χ4v) is 3.01. The summed E-state index contributed by atoms with van der Waals surface area (Å²) < 4.78 is 26.8. The first-order valence-electron chi connectivity index (χ1n) is 8.12. The summed E-state index contributed by atoms with van der Waals surface area (Å²) in [6, 6.07) is 7.69. The highest BCUT2D eigenvalue weighted by molar-refractivity contribution is 6.30. The van der Waals surface area contributed by atoms with Crippen LogP contribution in [-0.4, -0.2) is 53.2 Å². The molecule has 0 saturated carbocycles. The van der Waals surface area contributed by atoms with Crippen LogP contribution in [0.2, 0.25) is 0 Å². The monoisotopic (exact) mass is 371 g/mol. The van der Waals surface area contributed by atoms with Gasteiger partial charge >= 0.3 is 0 Å². The third kappa shape index (κ3) is 5.95. The van der Waals surface area contributed by atoms with E-state index in [4.69, 9.17) is 35.3 Å². The summed E-state index contributed by atoms with van der Waals surface area (Å²) in [5.41, 5.74) is 1.12. The molecule has 1 aliphatic rings. The van der Waals surface area contributed by atoms with Gasteiger partial charge in [-0.2, -0.15) is 0 Å². The van der Waals surface area contributed by atoms with Crippen LogP contribution < -0.4 is 10.1 Å². The minimum absolute atomic E-state index is 0.161. The summed E-state index contributed by atoms with van der Waals surface area (Å²) in [6.07, 6.45) is 2.19. The van der Waals surface area contributed by atoms with Crippen LogP contribution in [0.15, 0.2) is 35.4 Å². The van der Waals surface area contributed by atoms with Crippen molar-refractivity contribution in [3.63, 3.8) is 0 Å². The van der Waals surface area contributed by atoms with Gasteiger partial charge in [0.2, 0.25) is 0 Å². The van der Waals surface area contributed by atoms with E-state index in [1.165, 1.54) is 0 Å². The van der Waals surface area contributed by atoms with Gasteiger partial charge in [-0.3, -0.25) is 0 Å². The maximum Gasteiger partial charge on any atom is 0.146 e. The first-order chi connectivity index (χ1) is 12.2. The first kappa shape index (κ1) is 20.2. The molecule has 0 heterocycles. The van der Waals surface area contributed by atoms with Crippen LogP contribution in [0.3, 0.4) is 0 Å². The molecule has 1 aromatic carbocycles. The van der Waals surface area contributed by atoms with Crippen molar-refractivity contribution >= 4 is 11.6 Å². The molecule has 2 rings (SSSR count). The van der Waals surface area contributed by atoms with E-state index < -0.39 is 0 Å². The van der Waals surface area contributed by atoms with Gasteiger partial charge in [-0.1, -0.05) is 29.8 Å². The van der Waals surface area contributed by atoms with Gasteiger partial charge in [0, 0.05) is 25.8 Å². The Labute approximate surface area is 154 Å². The van der Waals surface area contributed by atoms with Gasteiger partial charge in [0.15, 0.2) is 0 Å². The molecule has 0 aromatic heterocycles. The highest BCUT2D eigenvalue weighted by atomic mass is 35.5. The number of hydrogen-bond donors (Lipinski definition) is 1. The molecule has 0 unspecified atom stereocenters. The molecular formula is C18H26ClNO5. The molecule has 1 aromatic rings. The average Bonchev–Trinajstić information content (AvgIpc) is 2.65. The van der Waals surface area contributed by atoms with Crippen LogP contribution in [0.4, 0.5) is 0 Å². The molecule has 0 fully saturated rings. The Morgan fingerprint density at radius 1 is 1.04 bits per heavy atom. The van der Waals surface area contributed by atoms with Crippen LogP contribution >= 0.6 is 11.6 Å². The van der Waals surface area contributed by atoms with Crippen LogP contribution in [-0.2, 0) is 25.5 Å². The van der Waals surface area contributed by atoms with E-state index in [0.717, 1.165) is 11.3 Å². The van der Waals surface area contributed by atoms with Gasteiger partial charge in [-0.25, -0.2) is 0 Å². The van der Waals surface area contributed by atoms with Crippen LogP contribution in [0.1, 0.15) is 12.0 Å². The van der Waals surface area contributed by atoms with E-state index in [1.54, 1.807) is 21.3 Å². The third-order valence-corrected chi connectivity index (χ3v) is 4.39. The number of rotatable bonds is 10. The molecule has 0 saturated heterocycles. The summed E-state index contributed by atoms with van der Waals surface area (Å²) in [4.78, 5) is 0. The van der Waals surface area contributed by atoms with Gasteiger partial charge < -0.3 is 29.0 Å². The van der Waals surface area contributed by atoms with E-state index >= 15 is 0 Å². The Kier molecular flexibility index (Phi) is 8.67. The van der Waals surface area contributed by atoms with Crippen molar-refractivity contribution < 1.29 is 23.7 Å². The minimum atomic E-state index is -0.272. The number of nitrogens with one attached hydrogen (secondary N) is 1. The molecule has 3 atom stereocenters. The number of halogens is 1. The second-order valence-electron chi connectivity index (χ2n) is 5.68. The zero-order valence-corrected chi connectivity index (χ0v) is 15.6. The van der Waals surface area contributed by atoms with E-state index in [0.29, 0.717) is 18.0 Å². The van der Waals surface area contributed by atoms with Crippen LogP contribution in [0, 0.1) is 0 Å². The number of hydrogen-bond acceptors (Lipinski definition) is 6. The Hall–Kier alpha value is -1.15. The molecular weight excluding hydrogens is 346 g/mol. The summed E-state index contributed by atoms with van der Waals surface area (Å²) in [5.74, 6) is 0.827. The van der Waals surface area contributed by atoms with E-state index in [-0.39, 0.29) is 31.8 Å². The lowest BCUT2D eigenvalue weighted by atomic mass is 9.95. The lowest BCUT2D eigenvalue weighted by Gasteiger charge is -2.36. The summed E-state index contributed by atoms with van der Waals surface area (Å²) in [7, 11) is 4.83. The Bertz CT molecular complexity index is 537. The first-order valence-corrected chi connectivity index (χ1v) is 8.50. The second kappa shape index (κ2) is 10.8. The van der Waals surface area contributed by atoms with E-state index in [2.05, 4.69) is 5.32 Å². The van der Waals surface area contributed by atoms with E-state index in [1.807, 2.05) is 30.3 Å². The fraction of sp³-hybridized carbons (Fsp3) is 0.556. The van der Waals surface area contributed by atoms with Crippen molar-refractivity contribution in [1.29, 1.82) is 0 Å². The molecule has 0 aliphatic heterocycles. The van der Waals surface area contributed by atoms with Gasteiger partial charge in [0.1, 0.15) is 25.4 Å². The standard InChI is InChI=1S/C18H26ClNO5/c1-21-11-24-16-9-8-15(19)17(18(16)25-12-22-2)20-10-13-4-6-14(23-3)7-5-13/h4-8,16-18,20H,9-12H2,1-3H3/t16-,17+,18+/m1/s1. The normalized spacial score (nSPS) is 23.4. The average molecular weight is 372 g/mol. The Balaban J connectivity index is 2.04. The van der Waals surface area contributed by atoms with Crippen molar-refractivity contribution in [3.8, 4) is 5.75 Å². The zero-order chi connectivity index (χ0) is 18.1. The van der Waals surface area contributed by atoms with Crippen molar-refractivity contribution in [2.24, 2.45) is 0 Å². The molecule has 7 heteroatoms. The molecule has 0 radical (unpaired) electrons. The van der Waals surface area contributed by atoms with Gasteiger partial charge in [0.25, 0.3) is 0 Å². The molecule has 6 nitrogen and oxygen atoms in total. The molecule has 1 N–H and O–H groups in total. The largest absolute Gasteiger partial charge is 0.497 e. The highest BCUT2D eigenvalue weighted by Gasteiger charge is 2.36. The number of ether oxygens (including phenoxy) is 5. The minimum Gasteiger partial charge on any atom is -0.497 e. The van der Waals surface area contributed by atoms with Crippen molar-refractivity contribution in [1.82, 2.24) is 5.32 Å². The van der Waals surface area contributed by atoms with Crippen molar-refractivity contribution in [2.75, 3.05) is 34.9 Å². The molecule has 1 aliphatic carbocycles. The third-order valence-electron chi connectivity index (χ3n) is 4.00. The lowest BCUT2D eigenvalue weighted by molar-refractivity contribution is -0.163. The highest BCUT2D eigenvalue weighted by Crippen LogP contribution is 2.27. The van der Waals surface area contributed by atoms with E-state index in [9.17, 15) is 0 Å². The SMILES string of the molecule is COCO[C@H]1[C@H](OCOC)CC=C(Cl)[C@@H]1NCc1ccc(OC)cc1. The fourth-order valence-electron chi connectivity index (χ4n) is 2.71. The maximum absolute atomic E-state index is 6.44. The molecule has 0 spiro atoms. The summed E-state index contributed by atoms with van der Waals surface area (Å²) in [5, 5.41) is 4.16. The second-order valence-corrected chi connectivity index (χ2v) is 6.12. The van der Waals surface area contributed by atoms with Crippen LogP contribution in [0.5, 0.6) is 5.75 Å². The Morgan fingerprint density at radius 3 is 2.36 bits per heavy atom. The summed E-state index contributed by atoms with van der Waals surface area (Å²) >= 11 is 6.44. The topological polar surface area (TPSA) is 58.2 Å². The zero-order valence-electron chi connectivity index (χ0n) is 14.9. The molecule has 140 valence electrons. The Morgan fingerprint density at radius 2 is 1.72 bits per heavy atom. The van der Waals surface area contributed by atoms with Gasteiger partial charge in [0.05, 0.1) is 19.3 Å². The quantitative estimate of drug-likeness (QED) is 0.638. The lowest BCUT2D eigenvalue weighted by Crippen LogP contribution is -2.51. The van der Waals surface area contributed by atoms with Gasteiger partial charge in [-0.05, 0) is 24.1 Å². The van der Waals surface area contributed by atoms with Crippen LogP contribution in [0.25, 0.3) is 0 Å². The number of benzene rings is 1. The smallest absolute Gasteiger partial charge is 0.146 e. The van der Waals surface area contributed by atoms with Gasteiger partial charge in [-0.15, -0.1) is 0 Å². The predicted octanol–water partition coefficient (Wildman–Crippen LogP) is 2.66. The van der Waals surface area contributed by atoms with Crippen molar-refractivity contribution in [3.05, 3.63) is 40.9 Å². The van der Waals surface area contributed by atoms with Crippen molar-refractivity contribution in [2.45, 2.75) is 31.2 Å². The summed E-state index contributed by atoms with van der Waals surface area (Å²) in [6.45, 7) is 1.01. The maximum atomic E-state index is 6.44. The molecule has 0 amide bonds. The predicted molar refractivity (Wildman–Crippen MR) is 95.7 cm³/mol. The molecule has 0 bridgehead atoms. The molecule has 25 heavy (non-hydrogen) atoms. The number of methoxy groups -OCH3 is 3.